The largest absolute Gasteiger partial charge is 0.353 e. The van der Waals surface area contributed by atoms with Crippen LogP contribution in [-0.4, -0.2) is 15.6 Å². The number of nitrogens with one attached hydrogen (secondary N) is 1. The summed E-state index contributed by atoms with van der Waals surface area (Å²) in [6, 6.07) is 0.605. The number of aryl methyl sites for hydroxylation is 1. The maximum atomic E-state index is 4.33. The van der Waals surface area contributed by atoms with Gasteiger partial charge in [-0.2, -0.15) is 0 Å². The van der Waals surface area contributed by atoms with E-state index in [0.29, 0.717) is 6.04 Å². The van der Waals surface area contributed by atoms with E-state index in [4.69, 9.17) is 0 Å². The first-order valence-electron chi connectivity index (χ1n) is 6.01. The van der Waals surface area contributed by atoms with Gasteiger partial charge in [0, 0.05) is 25.5 Å². The molecule has 2 rings (SSSR count). The van der Waals surface area contributed by atoms with Gasteiger partial charge in [0.05, 0.1) is 0 Å². The Morgan fingerprint density at radius 3 is 2.87 bits per heavy atom. The molecule has 1 saturated carbocycles. The molecule has 1 heterocycles. The minimum absolute atomic E-state index is 0.605. The summed E-state index contributed by atoms with van der Waals surface area (Å²) in [6.07, 6.45) is 10.6. The highest BCUT2D eigenvalue weighted by atomic mass is 15.2. The van der Waals surface area contributed by atoms with Crippen molar-refractivity contribution in [1.82, 2.24) is 9.55 Å². The summed E-state index contributed by atoms with van der Waals surface area (Å²) in [5, 5.41) is 3.57. The molecule has 2 unspecified atom stereocenters. The number of imidazole rings is 1. The number of hydrogen-bond acceptors (Lipinski definition) is 2. The molecule has 1 fully saturated rings. The lowest BCUT2D eigenvalue weighted by Gasteiger charge is -2.23. The van der Waals surface area contributed by atoms with Gasteiger partial charge in [-0.1, -0.05) is 26.2 Å². The van der Waals surface area contributed by atoms with E-state index in [1.807, 2.05) is 19.4 Å². The molecule has 1 aromatic heterocycles. The predicted octanol–water partition coefficient (Wildman–Crippen LogP) is 2.80. The summed E-state index contributed by atoms with van der Waals surface area (Å²) in [7, 11) is 2.04. The second kappa shape index (κ2) is 4.69. The highest BCUT2D eigenvalue weighted by Crippen LogP contribution is 2.25. The third-order valence-electron chi connectivity index (χ3n) is 3.50. The number of nitrogens with zero attached hydrogens (tertiary/aromatic N) is 2. The SMILES string of the molecule is CC1CCCCCC1Nc1nccn1C. The van der Waals surface area contributed by atoms with Crippen molar-refractivity contribution in [2.24, 2.45) is 13.0 Å². The topological polar surface area (TPSA) is 29.9 Å². The van der Waals surface area contributed by atoms with Crippen LogP contribution in [0.15, 0.2) is 12.4 Å². The predicted molar refractivity (Wildman–Crippen MR) is 62.9 cm³/mol. The number of aromatic nitrogens is 2. The standard InChI is InChI=1S/C12H21N3/c1-10-6-4-3-5-7-11(10)14-12-13-8-9-15(12)2/h8-11H,3-7H2,1-2H3,(H,13,14). The van der Waals surface area contributed by atoms with Gasteiger partial charge < -0.3 is 9.88 Å². The molecule has 3 nitrogen and oxygen atoms in total. The Kier molecular flexibility index (Phi) is 3.29. The van der Waals surface area contributed by atoms with Gasteiger partial charge in [0.25, 0.3) is 0 Å². The van der Waals surface area contributed by atoms with Crippen molar-refractivity contribution in [3.05, 3.63) is 12.4 Å². The molecule has 0 aromatic carbocycles. The van der Waals surface area contributed by atoms with Crippen LogP contribution in [0.25, 0.3) is 0 Å². The normalized spacial score (nSPS) is 27.3. The quantitative estimate of drug-likeness (QED) is 0.756. The van der Waals surface area contributed by atoms with Gasteiger partial charge >= 0.3 is 0 Å². The number of hydrogen-bond donors (Lipinski definition) is 1. The van der Waals surface area contributed by atoms with Crippen LogP contribution in [0.4, 0.5) is 5.95 Å². The van der Waals surface area contributed by atoms with Gasteiger partial charge in [0.15, 0.2) is 0 Å². The van der Waals surface area contributed by atoms with E-state index in [1.165, 1.54) is 32.1 Å². The van der Waals surface area contributed by atoms with Crippen LogP contribution >= 0.6 is 0 Å². The van der Waals surface area contributed by atoms with E-state index >= 15 is 0 Å². The molecule has 1 aliphatic carbocycles. The molecule has 1 aliphatic rings. The molecule has 0 bridgehead atoms. The minimum atomic E-state index is 0.605. The van der Waals surface area contributed by atoms with Crippen molar-refractivity contribution >= 4 is 5.95 Å². The first-order valence-corrected chi connectivity index (χ1v) is 6.01. The van der Waals surface area contributed by atoms with E-state index < -0.39 is 0 Å². The van der Waals surface area contributed by atoms with Gasteiger partial charge in [-0.3, -0.25) is 0 Å². The maximum Gasteiger partial charge on any atom is 0.202 e. The summed E-state index contributed by atoms with van der Waals surface area (Å²) in [6.45, 7) is 2.35. The first kappa shape index (κ1) is 10.5. The van der Waals surface area contributed by atoms with E-state index in [0.717, 1.165) is 11.9 Å². The van der Waals surface area contributed by atoms with Crippen LogP contribution in [0.5, 0.6) is 0 Å². The van der Waals surface area contributed by atoms with Crippen LogP contribution in [0.2, 0.25) is 0 Å². The van der Waals surface area contributed by atoms with Crippen molar-refractivity contribution in [3.63, 3.8) is 0 Å². The van der Waals surface area contributed by atoms with Crippen LogP contribution < -0.4 is 5.32 Å². The number of rotatable bonds is 2. The second-order valence-corrected chi connectivity index (χ2v) is 4.73. The lowest BCUT2D eigenvalue weighted by Crippen LogP contribution is -2.27. The van der Waals surface area contributed by atoms with Gasteiger partial charge in [-0.15, -0.1) is 0 Å². The summed E-state index contributed by atoms with van der Waals surface area (Å²) < 4.78 is 2.05. The highest BCUT2D eigenvalue weighted by molar-refractivity contribution is 5.27. The Morgan fingerprint density at radius 1 is 1.33 bits per heavy atom. The molecule has 0 radical (unpaired) electrons. The van der Waals surface area contributed by atoms with Gasteiger partial charge in [-0.25, -0.2) is 4.98 Å². The molecule has 1 N–H and O–H groups in total. The van der Waals surface area contributed by atoms with Crippen molar-refractivity contribution in [2.75, 3.05) is 5.32 Å². The number of anilines is 1. The average molecular weight is 207 g/mol. The Morgan fingerprint density at radius 2 is 2.13 bits per heavy atom. The molecule has 3 heteroatoms. The molecule has 15 heavy (non-hydrogen) atoms. The van der Waals surface area contributed by atoms with Crippen LogP contribution in [0.3, 0.4) is 0 Å². The van der Waals surface area contributed by atoms with E-state index in [1.54, 1.807) is 0 Å². The monoisotopic (exact) mass is 207 g/mol. The Bertz CT molecular complexity index is 306. The van der Waals surface area contributed by atoms with Gasteiger partial charge in [-0.05, 0) is 18.8 Å². The second-order valence-electron chi connectivity index (χ2n) is 4.73. The van der Waals surface area contributed by atoms with E-state index in [2.05, 4.69) is 21.8 Å². The van der Waals surface area contributed by atoms with Crippen molar-refractivity contribution in [3.8, 4) is 0 Å². The van der Waals surface area contributed by atoms with Crippen LogP contribution in [-0.2, 0) is 7.05 Å². The molecular weight excluding hydrogens is 186 g/mol. The molecule has 84 valence electrons. The molecule has 1 aromatic rings. The van der Waals surface area contributed by atoms with E-state index in [9.17, 15) is 0 Å². The third-order valence-corrected chi connectivity index (χ3v) is 3.50. The van der Waals surface area contributed by atoms with Crippen LogP contribution in [0, 0.1) is 5.92 Å². The zero-order valence-corrected chi connectivity index (χ0v) is 9.74. The summed E-state index contributed by atoms with van der Waals surface area (Å²) in [5.74, 6) is 1.78. The summed E-state index contributed by atoms with van der Waals surface area (Å²) in [4.78, 5) is 4.33. The fourth-order valence-electron chi connectivity index (χ4n) is 2.38. The first-order chi connectivity index (χ1) is 7.27. The molecule has 0 aliphatic heterocycles. The fourth-order valence-corrected chi connectivity index (χ4v) is 2.38. The lowest BCUT2D eigenvalue weighted by atomic mass is 9.97. The minimum Gasteiger partial charge on any atom is -0.353 e. The summed E-state index contributed by atoms with van der Waals surface area (Å²) in [5.41, 5.74) is 0. The van der Waals surface area contributed by atoms with Crippen molar-refractivity contribution in [1.29, 1.82) is 0 Å². The Balaban J connectivity index is 2.00. The van der Waals surface area contributed by atoms with Gasteiger partial charge in [0.1, 0.15) is 0 Å². The third kappa shape index (κ3) is 2.52. The van der Waals surface area contributed by atoms with Crippen LogP contribution in [0.1, 0.15) is 39.0 Å². The lowest BCUT2D eigenvalue weighted by molar-refractivity contribution is 0.453. The van der Waals surface area contributed by atoms with Gasteiger partial charge in [0.2, 0.25) is 5.95 Å². The fraction of sp³-hybridized carbons (Fsp3) is 0.750. The molecule has 0 saturated heterocycles. The van der Waals surface area contributed by atoms with E-state index in [-0.39, 0.29) is 0 Å². The Hall–Kier alpha value is -0.990. The molecule has 0 spiro atoms. The maximum absolute atomic E-state index is 4.33. The Labute approximate surface area is 91.9 Å². The smallest absolute Gasteiger partial charge is 0.202 e. The van der Waals surface area contributed by atoms with Crippen molar-refractivity contribution in [2.45, 2.75) is 45.1 Å². The highest BCUT2D eigenvalue weighted by Gasteiger charge is 2.20. The van der Waals surface area contributed by atoms with Crippen molar-refractivity contribution < 1.29 is 0 Å². The summed E-state index contributed by atoms with van der Waals surface area (Å²) >= 11 is 0. The zero-order chi connectivity index (χ0) is 10.7. The molecule has 0 amide bonds. The zero-order valence-electron chi connectivity index (χ0n) is 9.74. The average Bonchev–Trinajstić information content (AvgIpc) is 2.50. The molecule has 2 atom stereocenters. The molecular formula is C12H21N3.